The Labute approximate surface area is 168 Å². The molecule has 1 aliphatic heterocycles. The summed E-state index contributed by atoms with van der Waals surface area (Å²) in [7, 11) is 0. The van der Waals surface area contributed by atoms with Gasteiger partial charge in [-0.15, -0.1) is 0 Å². The minimum atomic E-state index is -2.59. The van der Waals surface area contributed by atoms with Gasteiger partial charge in [-0.3, -0.25) is 0 Å². The van der Waals surface area contributed by atoms with Crippen LogP contribution in [0.3, 0.4) is 0 Å². The van der Waals surface area contributed by atoms with Gasteiger partial charge in [0.1, 0.15) is 0 Å². The number of unbranched alkanes of at least 4 members (excludes halogenated alkanes) is 3. The van der Waals surface area contributed by atoms with E-state index >= 15 is 0 Å². The Kier molecular flexibility index (Phi) is 7.51. The third kappa shape index (κ3) is 4.82. The van der Waals surface area contributed by atoms with Crippen LogP contribution in [-0.4, -0.2) is 18.4 Å². The molecule has 0 aromatic heterocycles. The molecule has 2 aromatic rings. The fraction of sp³-hybridized carbons (Fsp3) is 0.500. The van der Waals surface area contributed by atoms with Crippen molar-refractivity contribution in [3.05, 3.63) is 46.4 Å². The number of ether oxygens (including phenoxy) is 2. The van der Waals surface area contributed by atoms with E-state index in [-0.39, 0.29) is 0 Å². The minimum absolute atomic E-state index is 0.860. The molecule has 0 bridgehead atoms. The molecular weight excluding hydrogens is 439 g/mol. The Balaban J connectivity index is 1.92. The molecule has 3 rings (SSSR count). The van der Waals surface area contributed by atoms with Gasteiger partial charge in [0, 0.05) is 0 Å². The first-order valence-corrected chi connectivity index (χ1v) is 18.3. The number of hydrogen-bond donors (Lipinski definition) is 0. The van der Waals surface area contributed by atoms with Crippen LogP contribution in [0, 0.1) is 0 Å². The first-order chi connectivity index (χ1) is 13.2. The quantitative estimate of drug-likeness (QED) is 0.328. The molecule has 0 unspecified atom stereocenters. The zero-order chi connectivity index (χ0) is 19.1. The molecule has 0 fully saturated rings. The fourth-order valence-corrected chi connectivity index (χ4v) is 19.0. The Morgan fingerprint density at radius 2 is 1.26 bits per heavy atom. The summed E-state index contributed by atoms with van der Waals surface area (Å²) in [4.78, 5) is 0. The summed E-state index contributed by atoms with van der Waals surface area (Å²) in [6, 6.07) is 12.7. The molecule has 0 aliphatic carbocycles. The second kappa shape index (κ2) is 9.86. The first-order valence-electron chi connectivity index (χ1n) is 10.8. The maximum absolute atomic E-state index is 6.63. The van der Waals surface area contributed by atoms with Crippen LogP contribution in [0.15, 0.2) is 46.4 Å². The van der Waals surface area contributed by atoms with Gasteiger partial charge in [-0.05, 0) is 0 Å². The summed E-state index contributed by atoms with van der Waals surface area (Å²) < 4.78 is 18.2. The Hall–Kier alpha value is -1.16. The van der Waals surface area contributed by atoms with E-state index < -0.39 is 18.4 Å². The normalized spacial score (nSPS) is 13.7. The van der Waals surface area contributed by atoms with E-state index in [9.17, 15) is 0 Å². The molecule has 2 aromatic carbocycles. The molecule has 1 heterocycles. The second-order valence-corrected chi connectivity index (χ2v) is 20.9. The molecule has 0 spiro atoms. The average Bonchev–Trinajstić information content (AvgIpc) is 2.71. The summed E-state index contributed by atoms with van der Waals surface area (Å²) in [5.74, 6) is 1.77. The number of fused-ring (bicyclic) bond motifs is 2. The predicted octanol–water partition coefficient (Wildman–Crippen LogP) is 7.84. The van der Waals surface area contributed by atoms with Gasteiger partial charge in [-0.2, -0.15) is 0 Å². The van der Waals surface area contributed by atoms with Crippen molar-refractivity contribution >= 4 is 29.1 Å². The van der Waals surface area contributed by atoms with Crippen molar-refractivity contribution in [1.82, 2.24) is 0 Å². The first kappa shape index (κ1) is 20.6. The second-order valence-electron chi connectivity index (χ2n) is 7.94. The van der Waals surface area contributed by atoms with E-state index in [1.165, 1.54) is 66.4 Å². The molecule has 27 heavy (non-hydrogen) atoms. The summed E-state index contributed by atoms with van der Waals surface area (Å²) in [6.45, 7) is 6.93. The van der Waals surface area contributed by atoms with Gasteiger partial charge in [0.2, 0.25) is 0 Å². The number of benzene rings is 2. The van der Waals surface area contributed by atoms with Crippen LogP contribution < -0.4 is 9.47 Å². The van der Waals surface area contributed by atoms with E-state index in [0.717, 1.165) is 11.5 Å². The van der Waals surface area contributed by atoms with E-state index in [2.05, 4.69) is 57.2 Å². The van der Waals surface area contributed by atoms with Crippen LogP contribution in [0.25, 0.3) is 10.8 Å². The Morgan fingerprint density at radius 1 is 0.741 bits per heavy atom. The van der Waals surface area contributed by atoms with Crippen LogP contribution in [0.1, 0.15) is 59.3 Å². The van der Waals surface area contributed by atoms with Crippen LogP contribution >= 0.6 is 0 Å². The van der Waals surface area contributed by atoms with Gasteiger partial charge in [0.05, 0.1) is 0 Å². The van der Waals surface area contributed by atoms with Crippen molar-refractivity contribution in [2.24, 2.45) is 0 Å². The van der Waals surface area contributed by atoms with E-state index in [4.69, 9.17) is 9.47 Å². The van der Waals surface area contributed by atoms with Gasteiger partial charge < -0.3 is 0 Å². The van der Waals surface area contributed by atoms with Crippen LogP contribution in [0.5, 0.6) is 11.5 Å². The molecule has 146 valence electrons. The van der Waals surface area contributed by atoms with E-state index in [0.29, 0.717) is 0 Å². The zero-order valence-corrected chi connectivity index (χ0v) is 20.1. The fourth-order valence-electron chi connectivity index (χ4n) is 4.15. The maximum atomic E-state index is 6.63. The molecule has 0 amide bonds. The Morgan fingerprint density at radius 3 is 1.78 bits per heavy atom. The molecule has 3 heteroatoms. The topological polar surface area (TPSA) is 18.5 Å². The van der Waals surface area contributed by atoms with Crippen LogP contribution in [-0.2, 0) is 0 Å². The molecule has 0 atom stereocenters. The standard InChI is InChI=1S/C12H7O2.3C4H9.Sn/c1-2-4-10-8-12-11(7-9(10)3-1)13-5-6-14-12;3*1-3-4-2;/h1-5,7-8H;3*1,3-4H2,2H3;. The van der Waals surface area contributed by atoms with Gasteiger partial charge in [0.25, 0.3) is 0 Å². The van der Waals surface area contributed by atoms with E-state index in [1.807, 2.05) is 6.26 Å². The Bertz CT molecular complexity index is 759. The predicted molar refractivity (Wildman–Crippen MR) is 118 cm³/mol. The van der Waals surface area contributed by atoms with Crippen molar-refractivity contribution in [1.29, 1.82) is 0 Å². The molecule has 0 saturated heterocycles. The summed E-state index contributed by atoms with van der Waals surface area (Å²) in [6.07, 6.45) is 9.79. The third-order valence-electron chi connectivity index (χ3n) is 5.87. The summed E-state index contributed by atoms with van der Waals surface area (Å²) >= 11 is -2.59. The van der Waals surface area contributed by atoms with Crippen molar-refractivity contribution in [2.75, 3.05) is 0 Å². The molecule has 2 nitrogen and oxygen atoms in total. The average molecular weight is 473 g/mol. The molecular formula is C24H34O2Sn. The summed E-state index contributed by atoms with van der Waals surface area (Å²) in [5.41, 5.74) is 0. The van der Waals surface area contributed by atoms with Crippen molar-refractivity contribution in [3.8, 4) is 11.5 Å². The third-order valence-corrected chi connectivity index (χ3v) is 20.7. The monoisotopic (exact) mass is 474 g/mol. The number of rotatable bonds is 10. The molecule has 0 N–H and O–H groups in total. The molecule has 0 saturated carbocycles. The van der Waals surface area contributed by atoms with Crippen molar-refractivity contribution in [3.63, 3.8) is 0 Å². The van der Waals surface area contributed by atoms with E-state index in [1.54, 1.807) is 0 Å². The van der Waals surface area contributed by atoms with Crippen LogP contribution in [0.2, 0.25) is 13.3 Å². The van der Waals surface area contributed by atoms with Crippen molar-refractivity contribution < 1.29 is 9.47 Å². The van der Waals surface area contributed by atoms with Gasteiger partial charge in [-0.1, -0.05) is 0 Å². The number of hydrogen-bond acceptors (Lipinski definition) is 2. The van der Waals surface area contributed by atoms with Gasteiger partial charge in [0.15, 0.2) is 0 Å². The van der Waals surface area contributed by atoms with Gasteiger partial charge >= 0.3 is 169 Å². The summed E-state index contributed by atoms with van der Waals surface area (Å²) in [5, 5.41) is 2.42. The molecule has 1 aliphatic rings. The zero-order valence-electron chi connectivity index (χ0n) is 17.2. The molecule has 0 radical (unpaired) electrons. The van der Waals surface area contributed by atoms with Crippen LogP contribution in [0.4, 0.5) is 0 Å². The van der Waals surface area contributed by atoms with Gasteiger partial charge in [-0.25, -0.2) is 0 Å². The SMILES string of the molecule is CCC[CH2][Sn]([CH2]CCC)([CH2]CCC)[C]1=COc2cc3ccccc3cc2O1. The van der Waals surface area contributed by atoms with Crippen molar-refractivity contribution in [2.45, 2.75) is 72.6 Å².